The molecule has 0 aliphatic carbocycles. The average Bonchev–Trinajstić information content (AvgIpc) is 1.99. The lowest BCUT2D eigenvalue weighted by Crippen LogP contribution is -2.20. The van der Waals surface area contributed by atoms with Crippen LogP contribution in [-0.2, 0) is 9.53 Å². The topological polar surface area (TPSA) is 46.5 Å². The zero-order chi connectivity index (χ0) is 7.98. The predicted octanol–water partition coefficient (Wildman–Crippen LogP) is 0.524. The summed E-state index contributed by atoms with van der Waals surface area (Å²) in [6.07, 6.45) is -0.760. The molecular weight excluding hydrogens is 223 g/mol. The van der Waals surface area contributed by atoms with E-state index < -0.39 is 12.1 Å². The molecular formula is C5H8BrClO3. The standard InChI is InChI=1S/C5H8BrClO3/c6-1-5(9)10-3-4(8)2-7/h4,8H,1-3H2/t4-/m0/s1. The molecule has 5 heteroatoms. The van der Waals surface area contributed by atoms with Crippen molar-refractivity contribution in [2.24, 2.45) is 0 Å². The number of alkyl halides is 2. The Hall–Kier alpha value is 0.200. The molecule has 0 heterocycles. The molecule has 0 amide bonds. The SMILES string of the molecule is O=C(CBr)OC[C@@H](O)CCl. The lowest BCUT2D eigenvalue weighted by atomic mass is 10.4. The molecule has 10 heavy (non-hydrogen) atoms. The highest BCUT2D eigenvalue weighted by atomic mass is 79.9. The van der Waals surface area contributed by atoms with Gasteiger partial charge in [0.05, 0.1) is 5.88 Å². The Balaban J connectivity index is 3.26. The number of hydrogen-bond acceptors (Lipinski definition) is 3. The fourth-order valence-corrected chi connectivity index (χ4v) is 0.523. The van der Waals surface area contributed by atoms with Gasteiger partial charge in [-0.15, -0.1) is 11.6 Å². The van der Waals surface area contributed by atoms with Crippen molar-refractivity contribution in [2.75, 3.05) is 17.8 Å². The molecule has 0 radical (unpaired) electrons. The van der Waals surface area contributed by atoms with Crippen LogP contribution in [-0.4, -0.2) is 35.0 Å². The molecule has 0 fully saturated rings. The Morgan fingerprint density at radius 1 is 1.80 bits per heavy atom. The van der Waals surface area contributed by atoms with Crippen LogP contribution in [0.5, 0.6) is 0 Å². The van der Waals surface area contributed by atoms with Crippen molar-refractivity contribution >= 4 is 33.5 Å². The second kappa shape index (κ2) is 5.95. The summed E-state index contributed by atoms with van der Waals surface area (Å²) in [5, 5.41) is 8.92. The summed E-state index contributed by atoms with van der Waals surface area (Å²) in [7, 11) is 0. The quantitative estimate of drug-likeness (QED) is 0.567. The third-order valence-electron chi connectivity index (χ3n) is 0.724. The second-order valence-electron chi connectivity index (χ2n) is 1.62. The first-order valence-electron chi connectivity index (χ1n) is 2.66. The Morgan fingerprint density at radius 2 is 2.40 bits per heavy atom. The van der Waals surface area contributed by atoms with E-state index in [0.29, 0.717) is 0 Å². The number of carbonyl (C=O) groups excluding carboxylic acids is 1. The van der Waals surface area contributed by atoms with E-state index in [1.54, 1.807) is 0 Å². The van der Waals surface area contributed by atoms with E-state index in [-0.39, 0.29) is 17.8 Å². The van der Waals surface area contributed by atoms with Crippen molar-refractivity contribution in [3.63, 3.8) is 0 Å². The number of carbonyl (C=O) groups is 1. The maximum atomic E-state index is 10.4. The summed E-state index contributed by atoms with van der Waals surface area (Å²) in [5.74, 6) is -0.320. The molecule has 1 atom stereocenters. The lowest BCUT2D eigenvalue weighted by Gasteiger charge is -2.05. The molecule has 3 nitrogen and oxygen atoms in total. The first kappa shape index (κ1) is 10.2. The number of aliphatic hydroxyl groups is 1. The van der Waals surface area contributed by atoms with Gasteiger partial charge in [0.2, 0.25) is 0 Å². The minimum absolute atomic E-state index is 0.0338. The fourth-order valence-electron chi connectivity index (χ4n) is 0.272. The number of rotatable bonds is 4. The molecule has 0 unspecified atom stereocenters. The highest BCUT2D eigenvalue weighted by molar-refractivity contribution is 9.09. The van der Waals surface area contributed by atoms with E-state index in [4.69, 9.17) is 16.7 Å². The van der Waals surface area contributed by atoms with Gasteiger partial charge in [-0.3, -0.25) is 4.79 Å². The van der Waals surface area contributed by atoms with Gasteiger partial charge in [0, 0.05) is 0 Å². The summed E-state index contributed by atoms with van der Waals surface area (Å²) >= 11 is 8.12. The van der Waals surface area contributed by atoms with Crippen molar-refractivity contribution in [1.29, 1.82) is 0 Å². The van der Waals surface area contributed by atoms with E-state index in [1.165, 1.54) is 0 Å². The van der Waals surface area contributed by atoms with Crippen LogP contribution in [0.3, 0.4) is 0 Å². The Kier molecular flexibility index (Phi) is 6.06. The molecule has 0 rings (SSSR count). The molecule has 0 saturated heterocycles. The zero-order valence-electron chi connectivity index (χ0n) is 5.22. The molecule has 60 valence electrons. The van der Waals surface area contributed by atoms with Crippen molar-refractivity contribution in [2.45, 2.75) is 6.10 Å². The van der Waals surface area contributed by atoms with Crippen LogP contribution < -0.4 is 0 Å². The van der Waals surface area contributed by atoms with Crippen molar-refractivity contribution in [3.05, 3.63) is 0 Å². The highest BCUT2D eigenvalue weighted by Gasteiger charge is 2.05. The van der Waals surface area contributed by atoms with Gasteiger partial charge in [0.25, 0.3) is 0 Å². The van der Waals surface area contributed by atoms with Gasteiger partial charge >= 0.3 is 5.97 Å². The first-order chi connectivity index (χ1) is 4.70. The van der Waals surface area contributed by atoms with Crippen LogP contribution in [0.4, 0.5) is 0 Å². The van der Waals surface area contributed by atoms with E-state index in [9.17, 15) is 4.79 Å². The summed E-state index contributed by atoms with van der Waals surface area (Å²) in [4.78, 5) is 10.4. The van der Waals surface area contributed by atoms with Crippen molar-refractivity contribution in [3.8, 4) is 0 Å². The monoisotopic (exact) mass is 230 g/mol. The Bertz CT molecular complexity index is 109. The third kappa shape index (κ3) is 5.02. The molecule has 0 saturated carbocycles. The largest absolute Gasteiger partial charge is 0.462 e. The van der Waals surface area contributed by atoms with E-state index in [1.807, 2.05) is 0 Å². The smallest absolute Gasteiger partial charge is 0.316 e. The van der Waals surface area contributed by atoms with Crippen LogP contribution in [0, 0.1) is 0 Å². The predicted molar refractivity (Wildman–Crippen MR) is 41.5 cm³/mol. The third-order valence-corrected chi connectivity index (χ3v) is 1.54. The van der Waals surface area contributed by atoms with Crippen LogP contribution in [0.25, 0.3) is 0 Å². The summed E-state index contributed by atoms with van der Waals surface area (Å²) in [6.45, 7) is -0.0338. The zero-order valence-corrected chi connectivity index (χ0v) is 7.56. The number of esters is 1. The van der Waals surface area contributed by atoms with E-state index in [2.05, 4.69) is 20.7 Å². The van der Waals surface area contributed by atoms with Crippen LogP contribution in [0.15, 0.2) is 0 Å². The summed E-state index contributed by atoms with van der Waals surface area (Å²) < 4.78 is 4.52. The number of ether oxygens (including phenoxy) is 1. The minimum atomic E-state index is -0.760. The van der Waals surface area contributed by atoms with Gasteiger partial charge in [0.1, 0.15) is 18.0 Å². The van der Waals surface area contributed by atoms with Gasteiger partial charge in [-0.05, 0) is 0 Å². The normalized spacial score (nSPS) is 12.7. The van der Waals surface area contributed by atoms with Gasteiger partial charge < -0.3 is 9.84 Å². The summed E-state index contributed by atoms with van der Waals surface area (Å²) in [5.41, 5.74) is 0. The Labute approximate surface area is 72.4 Å². The van der Waals surface area contributed by atoms with Crippen LogP contribution in [0.2, 0.25) is 0 Å². The number of aliphatic hydroxyl groups excluding tert-OH is 1. The molecule has 1 N–H and O–H groups in total. The van der Waals surface area contributed by atoms with Crippen molar-refractivity contribution in [1.82, 2.24) is 0 Å². The lowest BCUT2D eigenvalue weighted by molar-refractivity contribution is -0.142. The maximum absolute atomic E-state index is 10.4. The van der Waals surface area contributed by atoms with E-state index >= 15 is 0 Å². The summed E-state index contributed by atoms with van der Waals surface area (Å²) in [6, 6.07) is 0. The fraction of sp³-hybridized carbons (Fsp3) is 0.800. The molecule has 0 spiro atoms. The molecule has 0 bridgehead atoms. The molecule has 0 aliphatic rings. The number of hydrogen-bond donors (Lipinski definition) is 1. The molecule has 0 aromatic heterocycles. The number of halogens is 2. The maximum Gasteiger partial charge on any atom is 0.316 e. The van der Waals surface area contributed by atoms with Gasteiger partial charge in [-0.1, -0.05) is 15.9 Å². The minimum Gasteiger partial charge on any atom is -0.462 e. The highest BCUT2D eigenvalue weighted by Crippen LogP contribution is 1.91. The molecule has 0 aliphatic heterocycles. The van der Waals surface area contributed by atoms with Crippen molar-refractivity contribution < 1.29 is 14.6 Å². The van der Waals surface area contributed by atoms with Gasteiger partial charge in [-0.25, -0.2) is 0 Å². The second-order valence-corrected chi connectivity index (χ2v) is 2.49. The average molecular weight is 231 g/mol. The van der Waals surface area contributed by atoms with Crippen LogP contribution in [0.1, 0.15) is 0 Å². The molecule has 0 aromatic carbocycles. The van der Waals surface area contributed by atoms with E-state index in [0.717, 1.165) is 0 Å². The first-order valence-corrected chi connectivity index (χ1v) is 4.32. The Morgan fingerprint density at radius 3 is 2.80 bits per heavy atom. The van der Waals surface area contributed by atoms with Gasteiger partial charge in [-0.2, -0.15) is 0 Å². The van der Waals surface area contributed by atoms with Gasteiger partial charge in [0.15, 0.2) is 0 Å². The molecule has 0 aromatic rings. The van der Waals surface area contributed by atoms with Crippen LogP contribution >= 0.6 is 27.5 Å².